The molecule has 11 heavy (non-hydrogen) atoms. The molecule has 1 saturated heterocycles. The van der Waals surface area contributed by atoms with Gasteiger partial charge in [0.2, 0.25) is 0 Å². The molecule has 0 N–H and O–H groups in total. The van der Waals surface area contributed by atoms with Crippen molar-refractivity contribution in [1.82, 2.24) is 0 Å². The van der Waals surface area contributed by atoms with Crippen molar-refractivity contribution >= 4 is 5.97 Å². The zero-order valence-electron chi connectivity index (χ0n) is 5.99. The molecule has 0 spiro atoms. The number of hydrogen-bond donors (Lipinski definition) is 0. The van der Waals surface area contributed by atoms with Gasteiger partial charge in [-0.05, 0) is 0 Å². The maximum atomic E-state index is 10.8. The molecule has 0 atom stereocenters. The minimum absolute atomic E-state index is 0.203. The Labute approximate surface area is 63.4 Å². The molecule has 1 heterocycles. The highest BCUT2D eigenvalue weighted by molar-refractivity contribution is 5.79. The summed E-state index contributed by atoms with van der Waals surface area (Å²) in [5, 5.41) is 8.20. The predicted molar refractivity (Wildman–Crippen MR) is 31.8 cm³/mol. The summed E-state index contributed by atoms with van der Waals surface area (Å²) in [6, 6.07) is 1.87. The molecular weight excluding hydrogens is 150 g/mol. The molecule has 1 rings (SSSR count). The number of rotatable bonds is 3. The van der Waals surface area contributed by atoms with Gasteiger partial charge in [-0.1, -0.05) is 0 Å². The van der Waals surface area contributed by atoms with Crippen LogP contribution >= 0.6 is 0 Å². The first kappa shape index (κ1) is 7.98. The molecule has 1 fully saturated rings. The predicted octanol–water partition coefficient (Wildman–Crippen LogP) is 0.121. The van der Waals surface area contributed by atoms with Crippen LogP contribution in [0, 0.1) is 11.3 Å². The maximum absolute atomic E-state index is 10.8. The molecule has 0 aromatic rings. The highest BCUT2D eigenvalue weighted by Crippen LogP contribution is 2.35. The van der Waals surface area contributed by atoms with Crippen molar-refractivity contribution in [2.24, 2.45) is 0 Å². The van der Waals surface area contributed by atoms with Gasteiger partial charge in [-0.25, -0.2) is 4.79 Å². The molecule has 1 aliphatic heterocycles. The fourth-order valence-electron chi connectivity index (χ4n) is 0.680. The van der Waals surface area contributed by atoms with E-state index in [0.717, 1.165) is 0 Å². The monoisotopic (exact) mass is 157 g/mol. The van der Waals surface area contributed by atoms with Gasteiger partial charge in [0.1, 0.15) is 0 Å². The van der Waals surface area contributed by atoms with E-state index >= 15 is 0 Å². The first-order chi connectivity index (χ1) is 5.25. The summed E-state index contributed by atoms with van der Waals surface area (Å²) >= 11 is 0. The molecule has 0 radical (unpaired) electrons. The highest BCUT2D eigenvalue weighted by atomic mass is 17.4. The first-order valence-electron chi connectivity index (χ1n) is 3.07. The summed E-state index contributed by atoms with van der Waals surface area (Å²) in [6.45, 7) is 0. The second-order valence-electron chi connectivity index (χ2n) is 2.07. The standard InChI is InChI=1S/C6H7NO4/c1-9-5(8)6(10-11-6)3-2-4-7/h2-3H2,1H3. The van der Waals surface area contributed by atoms with E-state index in [1.807, 2.05) is 6.07 Å². The number of ether oxygens (including phenoxy) is 1. The zero-order chi connectivity index (χ0) is 8.32. The van der Waals surface area contributed by atoms with Crippen molar-refractivity contribution in [3.05, 3.63) is 0 Å². The van der Waals surface area contributed by atoms with Crippen molar-refractivity contribution < 1.29 is 19.3 Å². The van der Waals surface area contributed by atoms with E-state index in [1.54, 1.807) is 0 Å². The van der Waals surface area contributed by atoms with Crippen LogP contribution in [0.3, 0.4) is 0 Å². The zero-order valence-corrected chi connectivity index (χ0v) is 5.99. The molecule has 5 nitrogen and oxygen atoms in total. The topological polar surface area (TPSA) is 75.2 Å². The summed E-state index contributed by atoms with van der Waals surface area (Å²) in [5.74, 6) is -1.86. The Morgan fingerprint density at radius 3 is 2.73 bits per heavy atom. The molecular formula is C6H7NO4. The van der Waals surface area contributed by atoms with Crippen LogP contribution in [0.2, 0.25) is 0 Å². The van der Waals surface area contributed by atoms with Crippen LogP contribution < -0.4 is 0 Å². The van der Waals surface area contributed by atoms with E-state index in [9.17, 15) is 4.79 Å². The second-order valence-corrected chi connectivity index (χ2v) is 2.07. The first-order valence-corrected chi connectivity index (χ1v) is 3.07. The summed E-state index contributed by atoms with van der Waals surface area (Å²) in [4.78, 5) is 19.7. The van der Waals surface area contributed by atoms with E-state index in [1.165, 1.54) is 7.11 Å². The van der Waals surface area contributed by atoms with Crippen LogP contribution in [0.4, 0.5) is 0 Å². The Morgan fingerprint density at radius 2 is 2.36 bits per heavy atom. The quantitative estimate of drug-likeness (QED) is 0.330. The molecule has 1 aliphatic rings. The van der Waals surface area contributed by atoms with E-state index < -0.39 is 11.8 Å². The summed E-state index contributed by atoms with van der Waals surface area (Å²) in [5.41, 5.74) is 0. The normalized spacial score (nSPS) is 18.5. The third-order valence-corrected chi connectivity index (χ3v) is 1.35. The van der Waals surface area contributed by atoms with Crippen LogP contribution in [0.25, 0.3) is 0 Å². The Hall–Kier alpha value is -1.12. The van der Waals surface area contributed by atoms with Crippen molar-refractivity contribution in [3.63, 3.8) is 0 Å². The van der Waals surface area contributed by atoms with Crippen LogP contribution in [0.1, 0.15) is 12.8 Å². The lowest BCUT2D eigenvalue weighted by Crippen LogP contribution is -2.25. The highest BCUT2D eigenvalue weighted by Gasteiger charge is 2.57. The van der Waals surface area contributed by atoms with Crippen LogP contribution in [0.15, 0.2) is 0 Å². The van der Waals surface area contributed by atoms with Crippen molar-refractivity contribution in [2.45, 2.75) is 18.6 Å². The number of nitrogens with zero attached hydrogens (tertiary/aromatic N) is 1. The SMILES string of the molecule is COC(=O)C1(CCC#N)OO1. The minimum Gasteiger partial charge on any atom is -0.465 e. The van der Waals surface area contributed by atoms with E-state index in [0.29, 0.717) is 0 Å². The van der Waals surface area contributed by atoms with E-state index in [-0.39, 0.29) is 12.8 Å². The molecule has 0 aliphatic carbocycles. The summed E-state index contributed by atoms with van der Waals surface area (Å²) in [7, 11) is 1.24. The number of hydrogen-bond acceptors (Lipinski definition) is 5. The molecule has 0 saturated carbocycles. The van der Waals surface area contributed by atoms with E-state index in [2.05, 4.69) is 14.5 Å². The van der Waals surface area contributed by atoms with Gasteiger partial charge in [0.25, 0.3) is 0 Å². The maximum Gasteiger partial charge on any atom is 0.372 e. The summed E-state index contributed by atoms with van der Waals surface area (Å²) < 4.78 is 4.38. The minimum atomic E-state index is -1.27. The molecule has 0 unspecified atom stereocenters. The lowest BCUT2D eigenvalue weighted by molar-refractivity contribution is -0.148. The van der Waals surface area contributed by atoms with Crippen LogP contribution in [0.5, 0.6) is 0 Å². The number of carbonyl (C=O) groups is 1. The number of nitriles is 1. The summed E-state index contributed by atoms with van der Waals surface area (Å²) in [6.07, 6.45) is 0.422. The smallest absolute Gasteiger partial charge is 0.372 e. The Morgan fingerprint density at radius 1 is 1.73 bits per heavy atom. The fraction of sp³-hybridized carbons (Fsp3) is 0.667. The number of carbonyl (C=O) groups excluding carboxylic acids is 1. The second kappa shape index (κ2) is 2.86. The average Bonchev–Trinajstić information content (AvgIpc) is 2.80. The van der Waals surface area contributed by atoms with Gasteiger partial charge < -0.3 is 4.74 Å². The fourth-order valence-corrected chi connectivity index (χ4v) is 0.680. The molecule has 0 amide bonds. The van der Waals surface area contributed by atoms with Crippen LogP contribution in [-0.2, 0) is 19.3 Å². The molecule has 0 aromatic carbocycles. The van der Waals surface area contributed by atoms with Crippen molar-refractivity contribution in [3.8, 4) is 6.07 Å². The Bertz CT molecular complexity index is 203. The molecule has 60 valence electrons. The third kappa shape index (κ3) is 1.48. The van der Waals surface area contributed by atoms with E-state index in [4.69, 9.17) is 5.26 Å². The molecule has 0 bridgehead atoms. The van der Waals surface area contributed by atoms with Gasteiger partial charge in [0, 0.05) is 12.8 Å². The largest absolute Gasteiger partial charge is 0.465 e. The number of methoxy groups -OCH3 is 1. The van der Waals surface area contributed by atoms with Gasteiger partial charge >= 0.3 is 11.8 Å². The Kier molecular flexibility index (Phi) is 2.08. The van der Waals surface area contributed by atoms with Crippen molar-refractivity contribution in [1.29, 1.82) is 5.26 Å². The van der Waals surface area contributed by atoms with Crippen LogP contribution in [-0.4, -0.2) is 18.9 Å². The van der Waals surface area contributed by atoms with Gasteiger partial charge in [0.05, 0.1) is 13.2 Å². The molecule has 5 heteroatoms. The lowest BCUT2D eigenvalue weighted by Gasteiger charge is -2.00. The number of esters is 1. The van der Waals surface area contributed by atoms with Gasteiger partial charge in [-0.15, -0.1) is 0 Å². The van der Waals surface area contributed by atoms with Gasteiger partial charge in [-0.2, -0.15) is 15.0 Å². The third-order valence-electron chi connectivity index (χ3n) is 1.35. The lowest BCUT2D eigenvalue weighted by atomic mass is 10.2. The van der Waals surface area contributed by atoms with Gasteiger partial charge in [-0.3, -0.25) is 0 Å². The molecule has 0 aromatic heterocycles. The Balaban J connectivity index is 2.42. The van der Waals surface area contributed by atoms with Gasteiger partial charge in [0.15, 0.2) is 0 Å². The average molecular weight is 157 g/mol. The van der Waals surface area contributed by atoms with Crippen molar-refractivity contribution in [2.75, 3.05) is 7.11 Å².